The van der Waals surface area contributed by atoms with Gasteiger partial charge in [-0.3, -0.25) is 4.79 Å². The predicted molar refractivity (Wildman–Crippen MR) is 58.9 cm³/mol. The first-order valence-electron chi connectivity index (χ1n) is 5.33. The van der Waals surface area contributed by atoms with Crippen molar-refractivity contribution in [1.29, 1.82) is 0 Å². The normalized spacial score (nSPS) is 10.4. The van der Waals surface area contributed by atoms with Gasteiger partial charge in [0.15, 0.2) is 5.78 Å². The van der Waals surface area contributed by atoms with Crippen molar-refractivity contribution >= 4 is 5.78 Å². The van der Waals surface area contributed by atoms with Gasteiger partial charge in [0, 0.05) is 12.5 Å². The number of carbonyl (C=O) groups is 1. The third-order valence-corrected chi connectivity index (χ3v) is 2.10. The number of Topliss-reactive ketones (excluding diaryl/α,β-unsaturated/α-hetero) is 1. The molecule has 1 aromatic rings. The topological polar surface area (TPSA) is 35.5 Å². The van der Waals surface area contributed by atoms with Crippen LogP contribution in [0.2, 0.25) is 0 Å². The van der Waals surface area contributed by atoms with E-state index in [2.05, 4.69) is 4.74 Å². The maximum absolute atomic E-state index is 12.0. The summed E-state index contributed by atoms with van der Waals surface area (Å²) < 4.78 is 33.5. The van der Waals surface area contributed by atoms with Gasteiger partial charge in [0.05, 0.1) is 12.2 Å². The Bertz CT molecular complexity index is 391. The number of rotatable bonds is 6. The highest BCUT2D eigenvalue weighted by Gasteiger charge is 2.13. The van der Waals surface area contributed by atoms with Crippen molar-refractivity contribution in [2.45, 2.75) is 26.9 Å². The number of ether oxygens (including phenoxy) is 2. The molecule has 94 valence electrons. The van der Waals surface area contributed by atoms with Crippen molar-refractivity contribution < 1.29 is 23.0 Å². The zero-order chi connectivity index (χ0) is 12.8. The summed E-state index contributed by atoms with van der Waals surface area (Å²) in [4.78, 5) is 11.6. The first-order chi connectivity index (χ1) is 8.08. The van der Waals surface area contributed by atoms with Crippen molar-refractivity contribution in [1.82, 2.24) is 0 Å². The van der Waals surface area contributed by atoms with Crippen LogP contribution >= 0.6 is 0 Å². The molecule has 0 aliphatic rings. The Hall–Kier alpha value is -1.65. The largest absolute Gasteiger partial charge is 0.493 e. The zero-order valence-electron chi connectivity index (χ0n) is 9.70. The van der Waals surface area contributed by atoms with E-state index in [4.69, 9.17) is 4.74 Å². The molecule has 0 N–H and O–H groups in total. The molecule has 0 saturated heterocycles. The molecule has 0 fully saturated rings. The lowest BCUT2D eigenvalue weighted by atomic mass is 10.1. The maximum atomic E-state index is 12.0. The van der Waals surface area contributed by atoms with Crippen molar-refractivity contribution in [3.05, 3.63) is 23.8 Å². The molecule has 5 heteroatoms. The van der Waals surface area contributed by atoms with Crippen LogP contribution in [0.25, 0.3) is 0 Å². The summed E-state index contributed by atoms with van der Waals surface area (Å²) in [6.45, 7) is 0.933. The summed E-state index contributed by atoms with van der Waals surface area (Å²) >= 11 is 0. The van der Waals surface area contributed by atoms with Crippen molar-refractivity contribution in [2.24, 2.45) is 0 Å². The molecular formula is C12H14F2O3. The van der Waals surface area contributed by atoms with E-state index in [1.807, 2.05) is 0 Å². The lowest BCUT2D eigenvalue weighted by Crippen LogP contribution is -2.06. The van der Waals surface area contributed by atoms with Crippen LogP contribution in [-0.2, 0) is 0 Å². The fourth-order valence-electron chi connectivity index (χ4n) is 1.37. The van der Waals surface area contributed by atoms with Gasteiger partial charge in [-0.1, -0.05) is 6.92 Å². The van der Waals surface area contributed by atoms with Gasteiger partial charge in [-0.05, 0) is 19.1 Å². The Balaban J connectivity index is 3.03. The van der Waals surface area contributed by atoms with E-state index in [0.717, 1.165) is 0 Å². The summed E-state index contributed by atoms with van der Waals surface area (Å²) in [7, 11) is 0. The van der Waals surface area contributed by atoms with Crippen LogP contribution in [0.3, 0.4) is 0 Å². The van der Waals surface area contributed by atoms with Crippen molar-refractivity contribution in [3.63, 3.8) is 0 Å². The van der Waals surface area contributed by atoms with Crippen LogP contribution in [0.5, 0.6) is 11.5 Å². The van der Waals surface area contributed by atoms with E-state index in [1.165, 1.54) is 18.2 Å². The van der Waals surface area contributed by atoms with E-state index in [0.29, 0.717) is 18.6 Å². The number of alkyl halides is 2. The molecule has 3 nitrogen and oxygen atoms in total. The molecule has 0 radical (unpaired) electrons. The smallest absolute Gasteiger partial charge is 0.387 e. The monoisotopic (exact) mass is 244 g/mol. The van der Waals surface area contributed by atoms with Crippen LogP contribution in [0.15, 0.2) is 18.2 Å². The third kappa shape index (κ3) is 3.69. The Morgan fingerprint density at radius 3 is 2.59 bits per heavy atom. The summed E-state index contributed by atoms with van der Waals surface area (Å²) in [5.74, 6) is 0.158. The fraction of sp³-hybridized carbons (Fsp3) is 0.417. The average Bonchev–Trinajstić information content (AvgIpc) is 2.28. The fourth-order valence-corrected chi connectivity index (χ4v) is 1.37. The molecule has 1 aromatic carbocycles. The molecule has 0 amide bonds. The van der Waals surface area contributed by atoms with Gasteiger partial charge in [0.1, 0.15) is 11.5 Å². The molecule has 0 aliphatic heterocycles. The van der Waals surface area contributed by atoms with Gasteiger partial charge in [0.25, 0.3) is 0 Å². The van der Waals surface area contributed by atoms with E-state index in [-0.39, 0.29) is 17.3 Å². The van der Waals surface area contributed by atoms with Gasteiger partial charge < -0.3 is 9.47 Å². The molecule has 0 heterocycles. The number of hydrogen-bond acceptors (Lipinski definition) is 3. The summed E-state index contributed by atoms with van der Waals surface area (Å²) in [5.41, 5.74) is 0.385. The molecule has 1 rings (SSSR count). The molecule has 17 heavy (non-hydrogen) atoms. The SMILES string of the molecule is CCOc1cc(OC(F)F)ccc1C(=O)CC. The number of halogens is 2. The molecule has 0 spiro atoms. The number of benzene rings is 1. The molecule has 0 atom stereocenters. The third-order valence-electron chi connectivity index (χ3n) is 2.10. The van der Waals surface area contributed by atoms with Gasteiger partial charge in [0.2, 0.25) is 0 Å². The second kappa shape index (κ2) is 6.18. The Labute approximate surface area is 98.3 Å². The summed E-state index contributed by atoms with van der Waals surface area (Å²) in [6.07, 6.45) is 0.328. The Morgan fingerprint density at radius 1 is 1.35 bits per heavy atom. The minimum atomic E-state index is -2.89. The molecule has 0 unspecified atom stereocenters. The second-order valence-corrected chi connectivity index (χ2v) is 3.25. The molecule has 0 saturated carbocycles. The van der Waals surface area contributed by atoms with Gasteiger partial charge >= 0.3 is 6.61 Å². The number of ketones is 1. The minimum absolute atomic E-state index is 0.0175. The molecular weight excluding hydrogens is 230 g/mol. The van der Waals surface area contributed by atoms with Crippen LogP contribution in [-0.4, -0.2) is 19.0 Å². The van der Waals surface area contributed by atoms with Gasteiger partial charge in [-0.2, -0.15) is 8.78 Å². The van der Waals surface area contributed by atoms with E-state index < -0.39 is 6.61 Å². The van der Waals surface area contributed by atoms with Crippen LogP contribution in [0, 0.1) is 0 Å². The van der Waals surface area contributed by atoms with Gasteiger partial charge in [-0.25, -0.2) is 0 Å². The predicted octanol–water partition coefficient (Wildman–Crippen LogP) is 3.28. The molecule has 0 bridgehead atoms. The summed E-state index contributed by atoms with van der Waals surface area (Å²) in [6, 6.07) is 4.07. The number of hydrogen-bond donors (Lipinski definition) is 0. The minimum Gasteiger partial charge on any atom is -0.493 e. The van der Waals surface area contributed by atoms with Crippen LogP contribution < -0.4 is 9.47 Å². The van der Waals surface area contributed by atoms with Crippen molar-refractivity contribution in [3.8, 4) is 11.5 Å². The van der Waals surface area contributed by atoms with E-state index in [1.54, 1.807) is 13.8 Å². The Morgan fingerprint density at radius 2 is 2.06 bits per heavy atom. The van der Waals surface area contributed by atoms with Crippen molar-refractivity contribution in [2.75, 3.05) is 6.61 Å². The zero-order valence-corrected chi connectivity index (χ0v) is 9.70. The highest BCUT2D eigenvalue weighted by Crippen LogP contribution is 2.27. The van der Waals surface area contributed by atoms with E-state index in [9.17, 15) is 13.6 Å². The molecule has 0 aliphatic carbocycles. The highest BCUT2D eigenvalue weighted by molar-refractivity contribution is 5.98. The molecule has 0 aromatic heterocycles. The van der Waals surface area contributed by atoms with Crippen LogP contribution in [0.1, 0.15) is 30.6 Å². The standard InChI is InChI=1S/C12H14F2O3/c1-3-10(15)9-6-5-8(17-12(13)14)7-11(9)16-4-2/h5-7,12H,3-4H2,1-2H3. The van der Waals surface area contributed by atoms with Gasteiger partial charge in [-0.15, -0.1) is 0 Å². The van der Waals surface area contributed by atoms with E-state index >= 15 is 0 Å². The lowest BCUT2D eigenvalue weighted by Gasteiger charge is -2.11. The first kappa shape index (κ1) is 13.4. The quantitative estimate of drug-likeness (QED) is 0.720. The van der Waals surface area contributed by atoms with Crippen LogP contribution in [0.4, 0.5) is 8.78 Å². The Kier molecular flexibility index (Phi) is 4.87. The first-order valence-corrected chi connectivity index (χ1v) is 5.33. The lowest BCUT2D eigenvalue weighted by molar-refractivity contribution is -0.0499. The second-order valence-electron chi connectivity index (χ2n) is 3.25. The maximum Gasteiger partial charge on any atom is 0.387 e. The number of carbonyl (C=O) groups excluding carboxylic acids is 1. The average molecular weight is 244 g/mol. The summed E-state index contributed by atoms with van der Waals surface area (Å²) in [5, 5.41) is 0. The highest BCUT2D eigenvalue weighted by atomic mass is 19.3.